The highest BCUT2D eigenvalue weighted by Crippen LogP contribution is 2.26. The van der Waals surface area contributed by atoms with Crippen LogP contribution in [0.3, 0.4) is 0 Å². The number of nitrogens with zero attached hydrogens (tertiary/aromatic N) is 1. The molecule has 1 aromatic carbocycles. The van der Waals surface area contributed by atoms with Crippen molar-refractivity contribution >= 4 is 11.9 Å². The van der Waals surface area contributed by atoms with Crippen LogP contribution in [0.25, 0.3) is 0 Å². The maximum absolute atomic E-state index is 12.4. The first-order valence-electron chi connectivity index (χ1n) is 8.86. The standard InChI is InChI=1S/C19H25NO4/c21-18(20-10-2-3-14(12-20)6-9-19(22)23)13-24-17-8-7-15-4-1-5-16(15)11-17/h7-8,11,14H,1-6,9-10,12-13H2,(H,22,23)/t14-/m1/s1. The Morgan fingerprint density at radius 2 is 2.04 bits per heavy atom. The molecule has 1 aromatic rings. The van der Waals surface area contributed by atoms with Gasteiger partial charge in [0.25, 0.3) is 5.91 Å². The minimum atomic E-state index is -0.765. The van der Waals surface area contributed by atoms with Crippen LogP contribution in [0.2, 0.25) is 0 Å². The molecule has 2 aliphatic rings. The summed E-state index contributed by atoms with van der Waals surface area (Å²) in [4.78, 5) is 24.9. The second-order valence-electron chi connectivity index (χ2n) is 6.85. The summed E-state index contributed by atoms with van der Waals surface area (Å²) in [5, 5.41) is 8.80. The number of fused-ring (bicyclic) bond motifs is 1. The third kappa shape index (κ3) is 4.28. The molecule has 1 aliphatic carbocycles. The highest BCUT2D eigenvalue weighted by atomic mass is 16.5. The predicted molar refractivity (Wildman–Crippen MR) is 90.1 cm³/mol. The number of carbonyl (C=O) groups is 2. The fourth-order valence-corrected chi connectivity index (χ4v) is 3.73. The van der Waals surface area contributed by atoms with Gasteiger partial charge in [0.05, 0.1) is 0 Å². The van der Waals surface area contributed by atoms with Crippen molar-refractivity contribution < 1.29 is 19.4 Å². The Bertz CT molecular complexity index is 613. The fraction of sp³-hybridized carbons (Fsp3) is 0.579. The first-order valence-corrected chi connectivity index (χ1v) is 8.86. The maximum atomic E-state index is 12.4. The van der Waals surface area contributed by atoms with Crippen LogP contribution in [0, 0.1) is 5.92 Å². The first kappa shape index (κ1) is 16.8. The van der Waals surface area contributed by atoms with Gasteiger partial charge in [-0.3, -0.25) is 9.59 Å². The molecule has 1 aliphatic heterocycles. The molecule has 0 radical (unpaired) electrons. The molecule has 130 valence electrons. The van der Waals surface area contributed by atoms with E-state index in [-0.39, 0.29) is 18.9 Å². The van der Waals surface area contributed by atoms with E-state index in [2.05, 4.69) is 12.1 Å². The largest absolute Gasteiger partial charge is 0.484 e. The van der Waals surface area contributed by atoms with Crippen molar-refractivity contribution in [2.45, 2.75) is 44.9 Å². The summed E-state index contributed by atoms with van der Waals surface area (Å²) in [5.41, 5.74) is 2.73. The summed E-state index contributed by atoms with van der Waals surface area (Å²) in [6.07, 6.45) is 6.20. The number of carboxylic acid groups (broad SMARTS) is 1. The number of carbonyl (C=O) groups excluding carboxylic acids is 1. The number of aliphatic carboxylic acids is 1. The van der Waals surface area contributed by atoms with Crippen LogP contribution >= 0.6 is 0 Å². The van der Waals surface area contributed by atoms with Gasteiger partial charge in [-0.15, -0.1) is 0 Å². The van der Waals surface area contributed by atoms with Crippen LogP contribution in [-0.4, -0.2) is 41.6 Å². The van der Waals surface area contributed by atoms with Gasteiger partial charge in [0.1, 0.15) is 5.75 Å². The lowest BCUT2D eigenvalue weighted by Crippen LogP contribution is -2.42. The molecular formula is C19H25NO4. The molecule has 1 heterocycles. The minimum Gasteiger partial charge on any atom is -0.484 e. The quantitative estimate of drug-likeness (QED) is 0.870. The number of carboxylic acids is 1. The van der Waals surface area contributed by atoms with Crippen molar-refractivity contribution in [1.29, 1.82) is 0 Å². The van der Waals surface area contributed by atoms with E-state index in [1.807, 2.05) is 11.0 Å². The topological polar surface area (TPSA) is 66.8 Å². The molecule has 0 aromatic heterocycles. The Balaban J connectivity index is 1.48. The third-order valence-corrected chi connectivity index (χ3v) is 5.07. The van der Waals surface area contributed by atoms with E-state index < -0.39 is 5.97 Å². The van der Waals surface area contributed by atoms with Crippen molar-refractivity contribution in [2.75, 3.05) is 19.7 Å². The molecule has 3 rings (SSSR count). The predicted octanol–water partition coefficient (Wildman–Crippen LogP) is 2.66. The van der Waals surface area contributed by atoms with Crippen molar-refractivity contribution in [2.24, 2.45) is 5.92 Å². The number of rotatable bonds is 6. The normalized spacial score (nSPS) is 19.8. The summed E-state index contributed by atoms with van der Waals surface area (Å²) in [6, 6.07) is 6.11. The second-order valence-corrected chi connectivity index (χ2v) is 6.85. The number of ether oxygens (including phenoxy) is 1. The Morgan fingerprint density at radius 3 is 2.88 bits per heavy atom. The number of piperidine rings is 1. The first-order chi connectivity index (χ1) is 11.6. The van der Waals surface area contributed by atoms with Crippen molar-refractivity contribution in [1.82, 2.24) is 4.90 Å². The minimum absolute atomic E-state index is 0.00414. The van der Waals surface area contributed by atoms with Gasteiger partial charge in [0, 0.05) is 19.5 Å². The van der Waals surface area contributed by atoms with Gasteiger partial charge >= 0.3 is 5.97 Å². The SMILES string of the molecule is O=C(O)CC[C@H]1CCCN(C(=O)COc2ccc3c(c2)CCC3)C1. The zero-order valence-electron chi connectivity index (χ0n) is 14.0. The Kier molecular flexibility index (Phi) is 5.38. The molecule has 1 N–H and O–H groups in total. The van der Waals surface area contributed by atoms with Gasteiger partial charge in [-0.05, 0) is 67.7 Å². The smallest absolute Gasteiger partial charge is 0.303 e. The lowest BCUT2D eigenvalue weighted by Gasteiger charge is -2.32. The Morgan fingerprint density at radius 1 is 1.21 bits per heavy atom. The van der Waals surface area contributed by atoms with Gasteiger partial charge in [-0.25, -0.2) is 0 Å². The number of amides is 1. The molecule has 1 fully saturated rings. The van der Waals surface area contributed by atoms with Crippen LogP contribution in [0.5, 0.6) is 5.75 Å². The summed E-state index contributed by atoms with van der Waals surface area (Å²) in [7, 11) is 0. The average Bonchev–Trinajstić information content (AvgIpc) is 3.06. The molecule has 0 saturated carbocycles. The molecule has 1 amide bonds. The van der Waals surface area contributed by atoms with Crippen molar-refractivity contribution in [3.63, 3.8) is 0 Å². The van der Waals surface area contributed by atoms with Crippen molar-refractivity contribution in [3.05, 3.63) is 29.3 Å². The summed E-state index contributed by atoms with van der Waals surface area (Å²) in [6.45, 7) is 1.46. The molecule has 0 bridgehead atoms. The van der Waals surface area contributed by atoms with E-state index in [1.165, 1.54) is 17.5 Å². The van der Waals surface area contributed by atoms with E-state index in [4.69, 9.17) is 9.84 Å². The average molecular weight is 331 g/mol. The van der Waals surface area contributed by atoms with Gasteiger partial charge < -0.3 is 14.7 Å². The van der Waals surface area contributed by atoms with Gasteiger partial charge in [0.15, 0.2) is 6.61 Å². The number of likely N-dealkylation sites (tertiary alicyclic amines) is 1. The Labute approximate surface area is 142 Å². The molecule has 24 heavy (non-hydrogen) atoms. The summed E-state index contributed by atoms with van der Waals surface area (Å²) in [5.74, 6) is 0.288. The van der Waals surface area contributed by atoms with Crippen molar-refractivity contribution in [3.8, 4) is 5.75 Å². The third-order valence-electron chi connectivity index (χ3n) is 5.07. The van der Waals surface area contributed by atoms with Crippen LogP contribution in [-0.2, 0) is 22.4 Å². The number of hydrogen-bond donors (Lipinski definition) is 1. The van der Waals surface area contributed by atoms with Crippen LogP contribution in [0.4, 0.5) is 0 Å². The summed E-state index contributed by atoms with van der Waals surface area (Å²) < 4.78 is 5.69. The number of hydrogen-bond acceptors (Lipinski definition) is 3. The molecule has 5 heteroatoms. The number of aryl methyl sites for hydroxylation is 2. The van der Waals surface area contributed by atoms with Gasteiger partial charge in [-0.2, -0.15) is 0 Å². The molecule has 1 atom stereocenters. The maximum Gasteiger partial charge on any atom is 0.303 e. The van der Waals surface area contributed by atoms with E-state index in [1.54, 1.807) is 0 Å². The lowest BCUT2D eigenvalue weighted by atomic mass is 9.93. The monoisotopic (exact) mass is 331 g/mol. The Hall–Kier alpha value is -2.04. The summed E-state index contributed by atoms with van der Waals surface area (Å²) >= 11 is 0. The van der Waals surface area contributed by atoms with E-state index >= 15 is 0 Å². The van der Waals surface area contributed by atoms with Crippen LogP contribution < -0.4 is 4.74 Å². The van der Waals surface area contributed by atoms with Gasteiger partial charge in [0.2, 0.25) is 0 Å². The number of benzene rings is 1. The van der Waals surface area contributed by atoms with Gasteiger partial charge in [-0.1, -0.05) is 6.07 Å². The molecule has 0 spiro atoms. The fourth-order valence-electron chi connectivity index (χ4n) is 3.73. The molecular weight excluding hydrogens is 306 g/mol. The molecule has 5 nitrogen and oxygen atoms in total. The second kappa shape index (κ2) is 7.69. The van der Waals surface area contributed by atoms with E-state index in [9.17, 15) is 9.59 Å². The zero-order chi connectivity index (χ0) is 16.9. The lowest BCUT2D eigenvalue weighted by molar-refractivity contribution is -0.137. The molecule has 0 unspecified atom stereocenters. The van der Waals surface area contributed by atoms with Crippen LogP contribution in [0.15, 0.2) is 18.2 Å². The highest BCUT2D eigenvalue weighted by molar-refractivity contribution is 5.78. The molecule has 1 saturated heterocycles. The van der Waals surface area contributed by atoms with E-state index in [0.717, 1.165) is 38.0 Å². The zero-order valence-corrected chi connectivity index (χ0v) is 14.0. The highest BCUT2D eigenvalue weighted by Gasteiger charge is 2.24. The van der Waals surface area contributed by atoms with Crippen LogP contribution in [0.1, 0.15) is 43.2 Å². The van der Waals surface area contributed by atoms with E-state index in [0.29, 0.717) is 18.9 Å².